The highest BCUT2D eigenvalue weighted by molar-refractivity contribution is 6.30. The maximum atomic E-state index is 14.0. The lowest BCUT2D eigenvalue weighted by Crippen LogP contribution is -2.58. The summed E-state index contributed by atoms with van der Waals surface area (Å²) in [7, 11) is 0. The first-order valence-corrected chi connectivity index (χ1v) is 13.5. The minimum absolute atomic E-state index is 0.0497. The molecule has 6 nitrogen and oxygen atoms in total. The molecule has 2 aromatic carbocycles. The zero-order chi connectivity index (χ0) is 26.5. The van der Waals surface area contributed by atoms with Gasteiger partial charge in [-0.3, -0.25) is 4.79 Å². The first kappa shape index (κ1) is 25.8. The molecule has 2 fully saturated rings. The molecule has 5 rings (SSSR count). The molecule has 1 aliphatic heterocycles. The zero-order valence-electron chi connectivity index (χ0n) is 21.8. The molecule has 7 heteroatoms. The summed E-state index contributed by atoms with van der Waals surface area (Å²) >= 11 is 6.17. The topological polar surface area (TPSA) is 80.0 Å². The van der Waals surface area contributed by atoms with Crippen LogP contribution in [0.3, 0.4) is 0 Å². The van der Waals surface area contributed by atoms with Crippen LogP contribution in [-0.2, 0) is 4.79 Å². The highest BCUT2D eigenvalue weighted by Gasteiger charge is 2.50. The predicted octanol–water partition coefficient (Wildman–Crippen LogP) is 6.03. The van der Waals surface area contributed by atoms with Gasteiger partial charge in [-0.2, -0.15) is 0 Å². The summed E-state index contributed by atoms with van der Waals surface area (Å²) in [5.74, 6) is 0.342. The minimum Gasteiger partial charge on any atom is -0.480 e. The second kappa shape index (κ2) is 9.80. The van der Waals surface area contributed by atoms with Gasteiger partial charge in [0.15, 0.2) is 6.10 Å². The maximum Gasteiger partial charge on any atom is 0.339 e. The molecule has 1 saturated heterocycles. The normalized spacial score (nSPS) is 24.5. The summed E-state index contributed by atoms with van der Waals surface area (Å²) in [5, 5.41) is 12.9. The third kappa shape index (κ3) is 4.66. The number of piperidine rings is 1. The van der Waals surface area contributed by atoms with E-state index in [1.165, 1.54) is 0 Å². The van der Waals surface area contributed by atoms with Crippen molar-refractivity contribution in [1.82, 2.24) is 4.90 Å². The van der Waals surface area contributed by atoms with E-state index >= 15 is 0 Å². The standard InChI is InChI=1S/C30H34ClNO5/c1-17-15-24(26-18(2)19(3)29(34)37-25(26)16-17)36-20(4)28(33)32-14-13-30(35)12-6-5-7-23(30)27(32)21-8-10-22(31)11-9-21/h8-11,15-16,20,23,27,35H,5-7,12-14H2,1-4H3/t20-,23+,27-,30-/m1/s1. The molecule has 2 aliphatic rings. The smallest absolute Gasteiger partial charge is 0.339 e. The molecule has 196 valence electrons. The van der Waals surface area contributed by atoms with Crippen LogP contribution in [0.15, 0.2) is 45.6 Å². The summed E-state index contributed by atoms with van der Waals surface area (Å²) in [6, 6.07) is 11.0. The quantitative estimate of drug-likeness (QED) is 0.422. The lowest BCUT2D eigenvalue weighted by atomic mass is 9.66. The van der Waals surface area contributed by atoms with Crippen molar-refractivity contribution in [1.29, 1.82) is 0 Å². The molecule has 1 aliphatic carbocycles. The van der Waals surface area contributed by atoms with Crippen molar-refractivity contribution in [3.05, 3.63) is 74.1 Å². The van der Waals surface area contributed by atoms with Gasteiger partial charge in [-0.15, -0.1) is 0 Å². The number of carbonyl (C=O) groups is 1. The molecular weight excluding hydrogens is 490 g/mol. The van der Waals surface area contributed by atoms with Gasteiger partial charge in [0.1, 0.15) is 11.3 Å². The number of hydrogen-bond donors (Lipinski definition) is 1. The summed E-state index contributed by atoms with van der Waals surface area (Å²) in [4.78, 5) is 28.1. The Morgan fingerprint density at radius 3 is 2.59 bits per heavy atom. The average Bonchev–Trinajstić information content (AvgIpc) is 2.86. The Balaban J connectivity index is 1.50. The van der Waals surface area contributed by atoms with E-state index in [4.69, 9.17) is 20.8 Å². The monoisotopic (exact) mass is 523 g/mol. The van der Waals surface area contributed by atoms with Gasteiger partial charge < -0.3 is 19.2 Å². The highest BCUT2D eigenvalue weighted by atomic mass is 35.5. The van der Waals surface area contributed by atoms with Gasteiger partial charge in [-0.25, -0.2) is 4.79 Å². The van der Waals surface area contributed by atoms with Crippen LogP contribution in [0.1, 0.15) is 67.3 Å². The fourth-order valence-electron chi connectivity index (χ4n) is 6.26. The number of nitrogens with zero attached hydrogens (tertiary/aromatic N) is 1. The van der Waals surface area contributed by atoms with Crippen molar-refractivity contribution in [2.24, 2.45) is 5.92 Å². The number of benzene rings is 2. The molecule has 1 N–H and O–H groups in total. The number of aryl methyl sites for hydroxylation is 2. The van der Waals surface area contributed by atoms with Gasteiger partial charge in [0.05, 0.1) is 17.0 Å². The van der Waals surface area contributed by atoms with Crippen molar-refractivity contribution >= 4 is 28.5 Å². The third-order valence-electron chi connectivity index (χ3n) is 8.37. The molecule has 1 saturated carbocycles. The van der Waals surface area contributed by atoms with E-state index in [2.05, 4.69) is 0 Å². The van der Waals surface area contributed by atoms with E-state index in [0.29, 0.717) is 40.3 Å². The van der Waals surface area contributed by atoms with Gasteiger partial charge in [-0.05, 0) is 87.9 Å². The van der Waals surface area contributed by atoms with Gasteiger partial charge in [0.25, 0.3) is 5.91 Å². The van der Waals surface area contributed by atoms with Gasteiger partial charge in [0.2, 0.25) is 0 Å². The Morgan fingerprint density at radius 1 is 1.14 bits per heavy atom. The molecule has 2 heterocycles. The lowest BCUT2D eigenvalue weighted by molar-refractivity contribution is -0.161. The number of rotatable bonds is 4. The molecule has 3 aromatic rings. The van der Waals surface area contributed by atoms with Crippen LogP contribution in [-0.4, -0.2) is 34.2 Å². The molecule has 1 aromatic heterocycles. The number of aliphatic hydroxyl groups is 1. The Morgan fingerprint density at radius 2 is 1.86 bits per heavy atom. The first-order chi connectivity index (χ1) is 17.6. The fourth-order valence-corrected chi connectivity index (χ4v) is 6.38. The molecule has 1 amide bonds. The second-order valence-electron chi connectivity index (χ2n) is 10.8. The zero-order valence-corrected chi connectivity index (χ0v) is 22.6. The molecular formula is C30H34ClNO5. The fraction of sp³-hybridized carbons (Fsp3) is 0.467. The van der Waals surface area contributed by atoms with Crippen LogP contribution < -0.4 is 10.4 Å². The van der Waals surface area contributed by atoms with Gasteiger partial charge >= 0.3 is 5.63 Å². The lowest BCUT2D eigenvalue weighted by Gasteiger charge is -2.53. The van der Waals surface area contributed by atoms with E-state index in [9.17, 15) is 14.7 Å². The second-order valence-corrected chi connectivity index (χ2v) is 11.2. The SMILES string of the molecule is Cc1cc(O[C@H](C)C(=O)N2CC[C@]3(O)CCCC[C@H]3[C@H]2c2ccc(Cl)cc2)c2c(C)c(C)c(=O)oc2c1. The van der Waals surface area contributed by atoms with E-state index in [1.807, 2.05) is 55.1 Å². The van der Waals surface area contributed by atoms with Crippen molar-refractivity contribution < 1.29 is 19.1 Å². The number of carbonyl (C=O) groups excluding carboxylic acids is 1. The summed E-state index contributed by atoms with van der Waals surface area (Å²) in [5.41, 5.74) is 2.46. The number of amides is 1. The Bertz CT molecular complexity index is 1400. The number of ether oxygens (including phenoxy) is 1. The average molecular weight is 524 g/mol. The highest BCUT2D eigenvalue weighted by Crippen LogP contribution is 2.49. The van der Waals surface area contributed by atoms with Crippen LogP contribution in [0.25, 0.3) is 11.0 Å². The Hall–Kier alpha value is -2.83. The van der Waals surface area contributed by atoms with Crippen LogP contribution in [0.5, 0.6) is 5.75 Å². The molecule has 4 atom stereocenters. The number of hydrogen-bond acceptors (Lipinski definition) is 5. The summed E-state index contributed by atoms with van der Waals surface area (Å²) in [6.45, 7) is 7.72. The molecule has 37 heavy (non-hydrogen) atoms. The molecule has 0 radical (unpaired) electrons. The van der Waals surface area contributed by atoms with E-state index < -0.39 is 11.7 Å². The largest absolute Gasteiger partial charge is 0.480 e. The van der Waals surface area contributed by atoms with Crippen molar-refractivity contribution in [3.8, 4) is 5.75 Å². The summed E-state index contributed by atoms with van der Waals surface area (Å²) < 4.78 is 11.9. The van der Waals surface area contributed by atoms with Crippen LogP contribution >= 0.6 is 11.6 Å². The minimum atomic E-state index is -0.777. The molecule has 0 bridgehead atoms. The Labute approximate surface area is 222 Å². The van der Waals surface area contributed by atoms with Crippen molar-refractivity contribution in [2.75, 3.05) is 6.54 Å². The van der Waals surface area contributed by atoms with Crippen LogP contribution in [0, 0.1) is 26.7 Å². The third-order valence-corrected chi connectivity index (χ3v) is 8.62. The van der Waals surface area contributed by atoms with Gasteiger partial charge in [0, 0.05) is 23.0 Å². The van der Waals surface area contributed by atoms with Crippen molar-refractivity contribution in [3.63, 3.8) is 0 Å². The van der Waals surface area contributed by atoms with E-state index in [1.54, 1.807) is 13.8 Å². The first-order valence-electron chi connectivity index (χ1n) is 13.1. The number of halogens is 1. The number of fused-ring (bicyclic) bond motifs is 2. The van der Waals surface area contributed by atoms with Gasteiger partial charge in [-0.1, -0.05) is 36.6 Å². The summed E-state index contributed by atoms with van der Waals surface area (Å²) in [6.07, 6.45) is 3.43. The van der Waals surface area contributed by atoms with E-state index in [-0.39, 0.29) is 23.5 Å². The Kier molecular flexibility index (Phi) is 6.84. The van der Waals surface area contributed by atoms with E-state index in [0.717, 1.165) is 42.4 Å². The molecule has 0 unspecified atom stereocenters. The maximum absolute atomic E-state index is 14.0. The number of likely N-dealkylation sites (tertiary alicyclic amines) is 1. The van der Waals surface area contributed by atoms with Crippen LogP contribution in [0.4, 0.5) is 0 Å². The predicted molar refractivity (Wildman–Crippen MR) is 144 cm³/mol. The molecule has 0 spiro atoms. The van der Waals surface area contributed by atoms with Crippen molar-refractivity contribution in [2.45, 2.75) is 77.5 Å². The van der Waals surface area contributed by atoms with Crippen LogP contribution in [0.2, 0.25) is 5.02 Å².